The van der Waals surface area contributed by atoms with Gasteiger partial charge in [-0.3, -0.25) is 9.59 Å². The van der Waals surface area contributed by atoms with Gasteiger partial charge in [0.05, 0.1) is 6.54 Å². The van der Waals surface area contributed by atoms with Crippen molar-refractivity contribution >= 4 is 28.2 Å². The molecule has 2 bridgehead atoms. The second-order valence-corrected chi connectivity index (χ2v) is 5.46. The van der Waals surface area contributed by atoms with Gasteiger partial charge < -0.3 is 20.9 Å². The molecule has 2 heterocycles. The number of hydroxylamine groups is 2. The maximum Gasteiger partial charge on any atom is 0.346 e. The Morgan fingerprint density at radius 1 is 1.43 bits per heavy atom. The van der Waals surface area contributed by atoms with E-state index in [2.05, 4.69) is 4.28 Å². The molecule has 4 N–H and O–H groups in total. The van der Waals surface area contributed by atoms with Gasteiger partial charge in [-0.05, 0) is 5.57 Å². The van der Waals surface area contributed by atoms with E-state index in [1.165, 1.54) is 6.08 Å². The summed E-state index contributed by atoms with van der Waals surface area (Å²) in [6.45, 7) is -0.152. The zero-order chi connectivity index (χ0) is 15.9. The summed E-state index contributed by atoms with van der Waals surface area (Å²) in [5.41, 5.74) is 10.4. The number of hydrogen-bond donors (Lipinski definition) is 2. The molecule has 0 unspecified atom stereocenters. The van der Waals surface area contributed by atoms with E-state index in [4.69, 9.17) is 11.5 Å². The van der Waals surface area contributed by atoms with Gasteiger partial charge in [-0.15, -0.1) is 0 Å². The molecule has 0 aromatic carbocycles. The predicted octanol–water partition coefficient (Wildman–Crippen LogP) is -2.85. The fourth-order valence-electron chi connectivity index (χ4n) is 2.30. The van der Waals surface area contributed by atoms with Crippen molar-refractivity contribution in [1.82, 2.24) is 9.96 Å². The van der Waals surface area contributed by atoms with Crippen LogP contribution in [0.4, 0.5) is 4.79 Å². The number of amides is 4. The number of carbonyl (C=O) groups is 3. The molecule has 0 spiro atoms. The topological polar surface area (TPSA) is 176 Å². The largest absolute Gasteiger partial charge is 0.724 e. The van der Waals surface area contributed by atoms with E-state index >= 15 is 0 Å². The molecule has 116 valence electrons. The second kappa shape index (κ2) is 4.98. The molecule has 0 aliphatic carbocycles. The summed E-state index contributed by atoms with van der Waals surface area (Å²) in [5, 5.41) is 0.306. The smallest absolute Gasteiger partial charge is 0.346 e. The van der Waals surface area contributed by atoms with Gasteiger partial charge in [-0.25, -0.2) is 13.2 Å². The average molecular weight is 319 g/mol. The molecular formula is C9H11N4O7S-. The van der Waals surface area contributed by atoms with Crippen LogP contribution in [-0.4, -0.2) is 59.4 Å². The first kappa shape index (κ1) is 15.2. The number of rotatable bonds is 5. The van der Waals surface area contributed by atoms with Crippen molar-refractivity contribution < 1.29 is 31.6 Å². The molecule has 12 heteroatoms. The Morgan fingerprint density at radius 3 is 2.52 bits per heavy atom. The van der Waals surface area contributed by atoms with Crippen molar-refractivity contribution in [1.29, 1.82) is 0 Å². The van der Waals surface area contributed by atoms with Crippen LogP contribution < -0.4 is 11.5 Å². The summed E-state index contributed by atoms with van der Waals surface area (Å²) in [6, 6.07) is -3.20. The quantitative estimate of drug-likeness (QED) is 0.311. The Kier molecular flexibility index (Phi) is 3.61. The molecule has 0 saturated carbocycles. The normalized spacial score (nSPS) is 25.0. The van der Waals surface area contributed by atoms with E-state index in [9.17, 15) is 27.4 Å². The van der Waals surface area contributed by atoms with Crippen molar-refractivity contribution in [3.8, 4) is 0 Å². The number of primary amides is 2. The van der Waals surface area contributed by atoms with Gasteiger partial charge in [-0.2, -0.15) is 9.35 Å². The minimum absolute atomic E-state index is 0.152. The highest BCUT2D eigenvalue weighted by atomic mass is 32.3. The third-order valence-electron chi connectivity index (χ3n) is 3.06. The summed E-state index contributed by atoms with van der Waals surface area (Å²) >= 11 is 0. The highest BCUT2D eigenvalue weighted by Crippen LogP contribution is 2.32. The second-order valence-electron chi connectivity index (χ2n) is 4.49. The molecule has 1 fully saturated rings. The van der Waals surface area contributed by atoms with Gasteiger partial charge in [0.25, 0.3) is 0 Å². The molecule has 2 aliphatic heterocycles. The van der Waals surface area contributed by atoms with Crippen LogP contribution in [0.5, 0.6) is 0 Å². The lowest BCUT2D eigenvalue weighted by Crippen LogP contribution is -2.47. The van der Waals surface area contributed by atoms with Crippen LogP contribution in [0, 0.1) is 0 Å². The summed E-state index contributed by atoms with van der Waals surface area (Å²) < 4.78 is 36.1. The molecule has 0 aromatic heterocycles. The molecule has 0 aromatic rings. The van der Waals surface area contributed by atoms with Gasteiger partial charge in [-0.1, -0.05) is 6.08 Å². The summed E-state index contributed by atoms with van der Waals surface area (Å²) in [5.74, 6) is -1.64. The van der Waals surface area contributed by atoms with Crippen LogP contribution in [-0.2, 0) is 24.3 Å². The molecule has 11 nitrogen and oxygen atoms in total. The van der Waals surface area contributed by atoms with Crippen LogP contribution in [0.1, 0.15) is 6.42 Å². The number of nitrogens with two attached hydrogens (primary N) is 2. The molecule has 4 amide bonds. The van der Waals surface area contributed by atoms with E-state index in [0.717, 1.165) is 4.90 Å². The van der Waals surface area contributed by atoms with Crippen molar-refractivity contribution in [2.24, 2.45) is 11.5 Å². The minimum Gasteiger partial charge on any atom is -0.724 e. The maximum atomic E-state index is 12.0. The molecule has 2 aliphatic rings. The lowest BCUT2D eigenvalue weighted by molar-refractivity contribution is -0.121. The van der Waals surface area contributed by atoms with Gasteiger partial charge in [0.2, 0.25) is 22.2 Å². The van der Waals surface area contributed by atoms with Crippen molar-refractivity contribution in [3.05, 3.63) is 11.6 Å². The van der Waals surface area contributed by atoms with Crippen LogP contribution in [0.2, 0.25) is 0 Å². The van der Waals surface area contributed by atoms with Gasteiger partial charge in [0.1, 0.15) is 12.1 Å². The number of fused-ring (bicyclic) bond motifs is 2. The van der Waals surface area contributed by atoms with Crippen LogP contribution in [0.25, 0.3) is 0 Å². The number of hydrogen-bond acceptors (Lipinski definition) is 7. The molecule has 1 saturated heterocycles. The fraction of sp³-hybridized carbons (Fsp3) is 0.444. The van der Waals surface area contributed by atoms with Crippen molar-refractivity contribution in [2.45, 2.75) is 18.5 Å². The summed E-state index contributed by atoms with van der Waals surface area (Å²) in [6.07, 6.45) is 0.897. The monoisotopic (exact) mass is 319 g/mol. The summed E-state index contributed by atoms with van der Waals surface area (Å²) in [4.78, 5) is 35.3. The molecule has 2 atom stereocenters. The SMILES string of the molecule is NC(=O)CC1=C[C@@H](C(N)=O)N2C[C@@H]1N(OS(=O)(=O)[O-])C2=O. The predicted molar refractivity (Wildman–Crippen MR) is 63.4 cm³/mol. The van der Waals surface area contributed by atoms with Crippen molar-refractivity contribution in [3.63, 3.8) is 0 Å². The van der Waals surface area contributed by atoms with Crippen LogP contribution in [0.15, 0.2) is 11.6 Å². The van der Waals surface area contributed by atoms with Gasteiger partial charge in [0, 0.05) is 6.42 Å². The number of urea groups is 1. The lowest BCUT2D eigenvalue weighted by Gasteiger charge is -2.27. The van der Waals surface area contributed by atoms with E-state index in [1.54, 1.807) is 0 Å². The Morgan fingerprint density at radius 2 is 2.05 bits per heavy atom. The number of carbonyl (C=O) groups excluding carboxylic acids is 3. The summed E-state index contributed by atoms with van der Waals surface area (Å²) in [7, 11) is -5.20. The van der Waals surface area contributed by atoms with Crippen molar-refractivity contribution in [2.75, 3.05) is 6.54 Å². The average Bonchev–Trinajstić information content (AvgIpc) is 2.56. The maximum absolute atomic E-state index is 12.0. The first-order valence-corrected chi connectivity index (χ1v) is 6.97. The Balaban J connectivity index is 2.39. The minimum atomic E-state index is -5.20. The first-order valence-electron chi connectivity index (χ1n) is 5.63. The van der Waals surface area contributed by atoms with Crippen LogP contribution >= 0.6 is 0 Å². The Hall–Kier alpha value is -2.18. The van der Waals surface area contributed by atoms with Gasteiger partial charge in [0.15, 0.2) is 0 Å². The zero-order valence-electron chi connectivity index (χ0n) is 10.5. The van der Waals surface area contributed by atoms with Gasteiger partial charge >= 0.3 is 6.03 Å². The molecule has 21 heavy (non-hydrogen) atoms. The van der Waals surface area contributed by atoms with E-state index < -0.39 is 40.3 Å². The first-order chi connectivity index (χ1) is 9.60. The fourth-order valence-corrected chi connectivity index (χ4v) is 2.66. The Labute approximate surface area is 119 Å². The molecule has 0 radical (unpaired) electrons. The molecular weight excluding hydrogens is 308 g/mol. The van der Waals surface area contributed by atoms with E-state index in [0.29, 0.717) is 5.06 Å². The highest BCUT2D eigenvalue weighted by molar-refractivity contribution is 7.80. The lowest BCUT2D eigenvalue weighted by atomic mass is 9.96. The van der Waals surface area contributed by atoms with E-state index in [1.807, 2.05) is 0 Å². The van der Waals surface area contributed by atoms with Crippen LogP contribution in [0.3, 0.4) is 0 Å². The standard InChI is InChI=1S/C9H12N4O7S/c10-7(14)2-4-1-5(8(11)15)12-3-6(4)13(9(12)16)20-21(17,18)19/h1,5-6H,2-3H2,(H2,10,14)(H2,11,15)(H,17,18,19)/p-1/t5-,6-/m0/s1. The zero-order valence-corrected chi connectivity index (χ0v) is 11.3. The molecule has 2 rings (SSSR count). The van der Waals surface area contributed by atoms with E-state index in [-0.39, 0.29) is 18.5 Å². The Bertz CT molecular complexity index is 642. The third-order valence-corrected chi connectivity index (χ3v) is 3.41. The highest BCUT2D eigenvalue weighted by Gasteiger charge is 2.49. The third kappa shape index (κ3) is 2.96. The number of nitrogens with zero attached hydrogens (tertiary/aromatic N) is 2.